The molecule has 1 rings (SSSR count). The molecule has 0 spiro atoms. The van der Waals surface area contributed by atoms with Crippen molar-refractivity contribution in [1.82, 2.24) is 5.32 Å². The molecule has 1 atom stereocenters. The fourth-order valence-corrected chi connectivity index (χ4v) is 1.13. The van der Waals surface area contributed by atoms with Gasteiger partial charge in [-0.1, -0.05) is 0 Å². The molecule has 0 radical (unpaired) electrons. The lowest BCUT2D eigenvalue weighted by molar-refractivity contribution is -0.141. The lowest BCUT2D eigenvalue weighted by Gasteiger charge is -2.27. The predicted molar refractivity (Wildman–Crippen MR) is 54.8 cm³/mol. The second kappa shape index (κ2) is 4.28. The van der Waals surface area contributed by atoms with Crippen LogP contribution in [0.2, 0.25) is 0 Å². The molecule has 0 aromatic heterocycles. The molecular weight excluding hydrogens is 180 g/mol. The van der Waals surface area contributed by atoms with Gasteiger partial charge >= 0.3 is 0 Å². The van der Waals surface area contributed by atoms with Gasteiger partial charge in [-0.05, 0) is 33.6 Å². The second-order valence-corrected chi connectivity index (χ2v) is 4.51. The minimum atomic E-state index is -0.430. The molecule has 0 heterocycles. The first-order valence-corrected chi connectivity index (χ1v) is 5.13. The third-order valence-corrected chi connectivity index (χ3v) is 2.28. The maximum absolute atomic E-state index is 11.5. The molecule has 0 aromatic rings. The minimum absolute atomic E-state index is 0.0333. The summed E-state index contributed by atoms with van der Waals surface area (Å²) < 4.78 is 5.54. The second-order valence-electron chi connectivity index (χ2n) is 4.51. The van der Waals surface area contributed by atoms with Crippen molar-refractivity contribution in [1.29, 1.82) is 0 Å². The van der Waals surface area contributed by atoms with Crippen LogP contribution in [0.3, 0.4) is 0 Å². The summed E-state index contributed by atoms with van der Waals surface area (Å²) in [6.45, 7) is 5.94. The molecule has 1 saturated carbocycles. The van der Waals surface area contributed by atoms with Gasteiger partial charge in [0.2, 0.25) is 5.91 Å². The van der Waals surface area contributed by atoms with Gasteiger partial charge in [-0.3, -0.25) is 4.79 Å². The van der Waals surface area contributed by atoms with Crippen LogP contribution in [0.5, 0.6) is 0 Å². The maximum Gasteiger partial charge on any atom is 0.249 e. The quantitative estimate of drug-likeness (QED) is 0.675. The third kappa shape index (κ3) is 3.64. The summed E-state index contributed by atoms with van der Waals surface area (Å²) in [6, 6.07) is 0.384. The van der Waals surface area contributed by atoms with E-state index in [0.29, 0.717) is 12.6 Å². The van der Waals surface area contributed by atoms with Gasteiger partial charge in [-0.15, -0.1) is 0 Å². The Hall–Kier alpha value is -0.610. The van der Waals surface area contributed by atoms with Crippen molar-refractivity contribution in [2.45, 2.75) is 51.4 Å². The van der Waals surface area contributed by atoms with E-state index in [1.807, 2.05) is 13.8 Å². The minimum Gasteiger partial charge on any atom is -0.362 e. The molecule has 1 unspecified atom stereocenters. The van der Waals surface area contributed by atoms with Gasteiger partial charge in [0.15, 0.2) is 0 Å². The van der Waals surface area contributed by atoms with E-state index in [0.717, 1.165) is 12.8 Å². The standard InChI is InChI=1S/C10H20N2O2/c1-7(14-10(2,3)6-11)9(13)12-8-4-5-8/h7-8H,4-6,11H2,1-3H3,(H,12,13). The summed E-state index contributed by atoms with van der Waals surface area (Å²) >= 11 is 0. The lowest BCUT2D eigenvalue weighted by Crippen LogP contribution is -2.43. The number of hydrogen-bond donors (Lipinski definition) is 2. The molecule has 82 valence electrons. The Labute approximate surface area is 85.2 Å². The van der Waals surface area contributed by atoms with Crippen LogP contribution < -0.4 is 11.1 Å². The molecule has 0 aliphatic heterocycles. The number of carbonyl (C=O) groups is 1. The molecule has 0 aromatic carbocycles. The van der Waals surface area contributed by atoms with Crippen molar-refractivity contribution >= 4 is 5.91 Å². The number of amides is 1. The topological polar surface area (TPSA) is 64.3 Å². The van der Waals surface area contributed by atoms with Crippen LogP contribution in [-0.2, 0) is 9.53 Å². The fraction of sp³-hybridized carbons (Fsp3) is 0.900. The van der Waals surface area contributed by atoms with Gasteiger partial charge < -0.3 is 15.8 Å². The largest absolute Gasteiger partial charge is 0.362 e. The molecule has 3 N–H and O–H groups in total. The molecule has 1 amide bonds. The van der Waals surface area contributed by atoms with Crippen molar-refractivity contribution < 1.29 is 9.53 Å². The normalized spacial score (nSPS) is 19.1. The van der Waals surface area contributed by atoms with E-state index in [1.54, 1.807) is 6.92 Å². The Bertz CT molecular complexity index is 212. The molecular formula is C10H20N2O2. The molecule has 1 aliphatic carbocycles. The number of ether oxygens (including phenoxy) is 1. The van der Waals surface area contributed by atoms with Crippen LogP contribution in [0.4, 0.5) is 0 Å². The summed E-state index contributed by atoms with van der Waals surface area (Å²) in [5, 5.41) is 2.90. The number of carbonyl (C=O) groups excluding carboxylic acids is 1. The Kier molecular flexibility index (Phi) is 3.50. The molecule has 1 fully saturated rings. The summed E-state index contributed by atoms with van der Waals surface area (Å²) in [5.74, 6) is -0.0333. The highest BCUT2D eigenvalue weighted by Crippen LogP contribution is 2.19. The van der Waals surface area contributed by atoms with Crippen LogP contribution in [0.15, 0.2) is 0 Å². The SMILES string of the molecule is CC(OC(C)(C)CN)C(=O)NC1CC1. The van der Waals surface area contributed by atoms with Crippen LogP contribution in [0, 0.1) is 0 Å². The van der Waals surface area contributed by atoms with Crippen molar-refractivity contribution in [3.63, 3.8) is 0 Å². The highest BCUT2D eigenvalue weighted by molar-refractivity contribution is 5.80. The van der Waals surface area contributed by atoms with Gasteiger partial charge in [-0.2, -0.15) is 0 Å². The average Bonchev–Trinajstić information content (AvgIpc) is 2.87. The van der Waals surface area contributed by atoms with Gasteiger partial charge in [0.1, 0.15) is 6.10 Å². The zero-order chi connectivity index (χ0) is 10.8. The van der Waals surface area contributed by atoms with Crippen molar-refractivity contribution in [2.24, 2.45) is 5.73 Å². The summed E-state index contributed by atoms with van der Waals surface area (Å²) in [7, 11) is 0. The number of rotatable bonds is 5. The Morgan fingerprint density at radius 2 is 2.21 bits per heavy atom. The Morgan fingerprint density at radius 3 is 2.64 bits per heavy atom. The van der Waals surface area contributed by atoms with E-state index in [2.05, 4.69) is 5.32 Å². The number of hydrogen-bond acceptors (Lipinski definition) is 3. The first-order chi connectivity index (χ1) is 6.44. The van der Waals surface area contributed by atoms with Gasteiger partial charge in [0.05, 0.1) is 5.60 Å². The fourth-order valence-electron chi connectivity index (χ4n) is 1.13. The van der Waals surface area contributed by atoms with Crippen molar-refractivity contribution in [3.8, 4) is 0 Å². The third-order valence-electron chi connectivity index (χ3n) is 2.28. The van der Waals surface area contributed by atoms with Gasteiger partial charge in [0.25, 0.3) is 0 Å². The molecule has 0 bridgehead atoms. The smallest absolute Gasteiger partial charge is 0.249 e. The van der Waals surface area contributed by atoms with E-state index in [9.17, 15) is 4.79 Å². The first-order valence-electron chi connectivity index (χ1n) is 5.13. The summed E-state index contributed by atoms with van der Waals surface area (Å²) in [4.78, 5) is 11.5. The Balaban J connectivity index is 2.31. The summed E-state index contributed by atoms with van der Waals surface area (Å²) in [6.07, 6.45) is 1.77. The first kappa shape index (κ1) is 11.5. The highest BCUT2D eigenvalue weighted by atomic mass is 16.5. The predicted octanol–water partition coefficient (Wildman–Crippen LogP) is 0.407. The lowest BCUT2D eigenvalue weighted by atomic mass is 10.1. The Morgan fingerprint density at radius 1 is 1.64 bits per heavy atom. The maximum atomic E-state index is 11.5. The van der Waals surface area contributed by atoms with E-state index in [4.69, 9.17) is 10.5 Å². The average molecular weight is 200 g/mol. The van der Waals surface area contributed by atoms with Crippen LogP contribution in [-0.4, -0.2) is 30.2 Å². The number of nitrogens with two attached hydrogens (primary N) is 1. The molecule has 14 heavy (non-hydrogen) atoms. The molecule has 1 aliphatic rings. The van der Waals surface area contributed by atoms with E-state index >= 15 is 0 Å². The molecule has 4 nitrogen and oxygen atoms in total. The zero-order valence-electron chi connectivity index (χ0n) is 9.17. The van der Waals surface area contributed by atoms with E-state index in [-0.39, 0.29) is 5.91 Å². The highest BCUT2D eigenvalue weighted by Gasteiger charge is 2.28. The van der Waals surface area contributed by atoms with Crippen LogP contribution in [0.25, 0.3) is 0 Å². The van der Waals surface area contributed by atoms with E-state index in [1.165, 1.54) is 0 Å². The van der Waals surface area contributed by atoms with Crippen molar-refractivity contribution in [3.05, 3.63) is 0 Å². The monoisotopic (exact) mass is 200 g/mol. The van der Waals surface area contributed by atoms with Gasteiger partial charge in [0, 0.05) is 12.6 Å². The van der Waals surface area contributed by atoms with Crippen LogP contribution in [0.1, 0.15) is 33.6 Å². The molecule has 4 heteroatoms. The van der Waals surface area contributed by atoms with Crippen LogP contribution >= 0.6 is 0 Å². The summed E-state index contributed by atoms with van der Waals surface area (Å²) in [5.41, 5.74) is 5.08. The van der Waals surface area contributed by atoms with Gasteiger partial charge in [-0.25, -0.2) is 0 Å². The van der Waals surface area contributed by atoms with E-state index < -0.39 is 11.7 Å². The van der Waals surface area contributed by atoms with Crippen molar-refractivity contribution in [2.75, 3.05) is 6.54 Å². The molecule has 0 saturated heterocycles. The number of nitrogens with one attached hydrogen (secondary N) is 1. The zero-order valence-corrected chi connectivity index (χ0v) is 9.17.